The number of pyridine rings is 1. The van der Waals surface area contributed by atoms with Gasteiger partial charge in [0.25, 0.3) is 5.91 Å². The van der Waals surface area contributed by atoms with Crippen LogP contribution in [0.4, 0.5) is 32.3 Å². The first-order valence-corrected chi connectivity index (χ1v) is 16.1. The Balaban J connectivity index is 1.28. The average Bonchev–Trinajstić information content (AvgIpc) is 3.08. The third-order valence-electron chi connectivity index (χ3n) is 7.88. The van der Waals surface area contributed by atoms with Crippen LogP contribution in [0.2, 0.25) is 0 Å². The fraction of sp³-hybridized carbons (Fsp3) is 0.333. The molecule has 1 atom stereocenters. The molecule has 13 heteroatoms. The van der Waals surface area contributed by atoms with Gasteiger partial charge in [-0.15, -0.1) is 0 Å². The second-order valence-corrected chi connectivity index (χ2v) is 12.7. The predicted octanol–water partition coefficient (Wildman–Crippen LogP) is 5.90. The Morgan fingerprint density at radius 2 is 1.86 bits per heavy atom. The third kappa shape index (κ3) is 8.78. The molecule has 1 aliphatic rings. The Hall–Kier alpha value is -5.77. The number of rotatable bonds is 9. The molecule has 0 saturated carbocycles. The molecule has 49 heavy (non-hydrogen) atoms. The van der Waals surface area contributed by atoms with E-state index in [9.17, 15) is 19.2 Å². The van der Waals surface area contributed by atoms with Crippen LogP contribution < -0.4 is 26.2 Å². The van der Waals surface area contributed by atoms with Gasteiger partial charge in [0.2, 0.25) is 0 Å². The second-order valence-electron chi connectivity index (χ2n) is 12.7. The maximum Gasteiger partial charge on any atom is 0.407 e. The number of aromatic nitrogens is 3. The highest BCUT2D eigenvalue weighted by Gasteiger charge is 2.27. The number of nitrogen functional groups attached to an aromatic ring is 1. The normalized spacial score (nSPS) is 14.4. The number of piperidine rings is 1. The fourth-order valence-corrected chi connectivity index (χ4v) is 5.54. The van der Waals surface area contributed by atoms with Gasteiger partial charge in [-0.25, -0.2) is 24.1 Å². The monoisotopic (exact) mass is 665 g/mol. The molecule has 0 unspecified atom stereocenters. The Kier molecular flexibility index (Phi) is 10.6. The smallest absolute Gasteiger partial charge is 0.407 e. The van der Waals surface area contributed by atoms with Crippen LogP contribution in [0.15, 0.2) is 67.0 Å². The van der Waals surface area contributed by atoms with Crippen molar-refractivity contribution >= 4 is 35.1 Å². The number of halogens is 1. The maximum absolute atomic E-state index is 13.6. The molecule has 254 valence electrons. The SMILES string of the molecule is CCN(C(=O)c1cc(C#N)cnc1NCc1ccc(-c2cnc(N)c(N3CCC[C@@H](NC(=O)OC(C)(C)C)C3)n2)cc1)c1ccc(F)cc1. The van der Waals surface area contributed by atoms with Gasteiger partial charge in [0.05, 0.1) is 23.0 Å². The quantitative estimate of drug-likeness (QED) is 0.196. The minimum Gasteiger partial charge on any atom is -0.444 e. The average molecular weight is 666 g/mol. The van der Waals surface area contributed by atoms with Crippen molar-refractivity contribution in [2.24, 2.45) is 0 Å². The number of benzene rings is 2. The number of amides is 2. The van der Waals surface area contributed by atoms with Crippen LogP contribution in [0.25, 0.3) is 11.3 Å². The predicted molar refractivity (Wildman–Crippen MR) is 187 cm³/mol. The molecule has 0 aliphatic carbocycles. The molecule has 12 nitrogen and oxygen atoms in total. The number of carbonyl (C=O) groups is 2. The Labute approximate surface area is 285 Å². The van der Waals surface area contributed by atoms with E-state index in [1.165, 1.54) is 41.4 Å². The van der Waals surface area contributed by atoms with Crippen LogP contribution in [0.1, 0.15) is 62.0 Å². The summed E-state index contributed by atoms with van der Waals surface area (Å²) in [6.45, 7) is 9.24. The van der Waals surface area contributed by atoms with Crippen molar-refractivity contribution in [1.82, 2.24) is 20.3 Å². The van der Waals surface area contributed by atoms with E-state index in [0.717, 1.165) is 30.5 Å². The van der Waals surface area contributed by atoms with Crippen molar-refractivity contribution in [2.45, 2.75) is 58.7 Å². The zero-order valence-electron chi connectivity index (χ0n) is 28.0. The van der Waals surface area contributed by atoms with Crippen LogP contribution in [0, 0.1) is 17.1 Å². The van der Waals surface area contributed by atoms with Crippen LogP contribution in [0.3, 0.4) is 0 Å². The van der Waals surface area contributed by atoms with Gasteiger partial charge in [0, 0.05) is 49.7 Å². The number of ether oxygens (including phenoxy) is 1. The summed E-state index contributed by atoms with van der Waals surface area (Å²) in [6.07, 6.45) is 4.25. The van der Waals surface area contributed by atoms with Crippen LogP contribution in [0.5, 0.6) is 0 Å². The van der Waals surface area contributed by atoms with Crippen molar-refractivity contribution in [3.8, 4) is 17.3 Å². The van der Waals surface area contributed by atoms with Crippen LogP contribution >= 0.6 is 0 Å². The van der Waals surface area contributed by atoms with E-state index in [1.54, 1.807) is 6.20 Å². The molecule has 2 aromatic heterocycles. The summed E-state index contributed by atoms with van der Waals surface area (Å²) in [7, 11) is 0. The standard InChI is InChI=1S/C36H40FN9O3/c1-5-46(28-14-12-26(37)13-15-28)34(47)29-17-24(18-38)20-42-32(29)41-19-23-8-10-25(11-9-23)30-21-40-31(39)33(44-30)45-16-6-7-27(22-45)43-35(48)49-36(2,3)4/h8-15,17,20-21,27H,5-7,16,19,22H2,1-4H3,(H2,39,40)(H,41,42)(H,43,48)/t27-/m1/s1. The molecule has 4 aromatic rings. The summed E-state index contributed by atoms with van der Waals surface area (Å²) in [5.74, 6) is 0.426. The van der Waals surface area contributed by atoms with E-state index >= 15 is 0 Å². The molecular formula is C36H40FN9O3. The van der Waals surface area contributed by atoms with E-state index in [1.807, 2.05) is 62.9 Å². The molecule has 4 N–H and O–H groups in total. The lowest BCUT2D eigenvalue weighted by Crippen LogP contribution is -2.49. The van der Waals surface area contributed by atoms with E-state index in [0.29, 0.717) is 48.5 Å². The van der Waals surface area contributed by atoms with Gasteiger partial charge in [0.15, 0.2) is 11.6 Å². The van der Waals surface area contributed by atoms with E-state index in [2.05, 4.69) is 20.6 Å². The van der Waals surface area contributed by atoms with Crippen molar-refractivity contribution in [2.75, 3.05) is 40.5 Å². The molecule has 1 aliphatic heterocycles. The first-order valence-electron chi connectivity index (χ1n) is 16.1. The van der Waals surface area contributed by atoms with E-state index in [-0.39, 0.29) is 23.1 Å². The maximum atomic E-state index is 13.6. The molecule has 0 spiro atoms. The van der Waals surface area contributed by atoms with Gasteiger partial charge >= 0.3 is 6.09 Å². The zero-order chi connectivity index (χ0) is 35.1. The number of alkyl carbamates (subject to hydrolysis) is 1. The van der Waals surface area contributed by atoms with E-state index < -0.39 is 17.5 Å². The van der Waals surface area contributed by atoms with Crippen LogP contribution in [-0.2, 0) is 11.3 Å². The zero-order valence-corrected chi connectivity index (χ0v) is 28.0. The molecule has 2 aromatic carbocycles. The summed E-state index contributed by atoms with van der Waals surface area (Å²) in [4.78, 5) is 43.2. The molecule has 1 fully saturated rings. The van der Waals surface area contributed by atoms with Crippen molar-refractivity contribution < 1.29 is 18.7 Å². The number of carbonyl (C=O) groups excluding carboxylic acids is 2. The number of nitriles is 1. The summed E-state index contributed by atoms with van der Waals surface area (Å²) in [5.41, 5.74) is 9.08. The van der Waals surface area contributed by atoms with E-state index in [4.69, 9.17) is 15.5 Å². The van der Waals surface area contributed by atoms with Crippen LogP contribution in [-0.4, -0.2) is 58.2 Å². The molecule has 1 saturated heterocycles. The van der Waals surface area contributed by atoms with Crippen molar-refractivity contribution in [3.05, 3.63) is 89.5 Å². The first-order chi connectivity index (χ1) is 23.4. The first kappa shape index (κ1) is 34.6. The molecule has 0 bridgehead atoms. The molecular weight excluding hydrogens is 625 g/mol. The summed E-state index contributed by atoms with van der Waals surface area (Å²) in [5, 5.41) is 15.7. The Bertz CT molecular complexity index is 1840. The van der Waals surface area contributed by atoms with Gasteiger partial charge in [0.1, 0.15) is 23.3 Å². The number of nitrogens with zero attached hydrogens (tertiary/aromatic N) is 6. The van der Waals surface area contributed by atoms with Gasteiger partial charge in [-0.1, -0.05) is 24.3 Å². The minimum atomic E-state index is -0.584. The second kappa shape index (κ2) is 15.0. The summed E-state index contributed by atoms with van der Waals surface area (Å²) < 4.78 is 19.0. The van der Waals surface area contributed by atoms with Crippen molar-refractivity contribution in [3.63, 3.8) is 0 Å². The molecule has 0 radical (unpaired) electrons. The van der Waals surface area contributed by atoms with Crippen molar-refractivity contribution in [1.29, 1.82) is 5.26 Å². The Morgan fingerprint density at radius 1 is 1.12 bits per heavy atom. The largest absolute Gasteiger partial charge is 0.444 e. The molecule has 2 amide bonds. The molecule has 5 rings (SSSR count). The lowest BCUT2D eigenvalue weighted by molar-refractivity contribution is 0.0499. The van der Waals surface area contributed by atoms with Gasteiger partial charge in [-0.05, 0) is 76.4 Å². The lowest BCUT2D eigenvalue weighted by atomic mass is 10.1. The number of hydrogen-bond acceptors (Lipinski definition) is 10. The fourth-order valence-electron chi connectivity index (χ4n) is 5.54. The topological polar surface area (TPSA) is 162 Å². The number of hydrogen-bond donors (Lipinski definition) is 3. The third-order valence-corrected chi connectivity index (χ3v) is 7.88. The summed E-state index contributed by atoms with van der Waals surface area (Å²) in [6, 6.07) is 16.8. The highest BCUT2D eigenvalue weighted by Crippen LogP contribution is 2.28. The lowest BCUT2D eigenvalue weighted by Gasteiger charge is -2.34. The molecule has 3 heterocycles. The minimum absolute atomic E-state index is 0.116. The highest BCUT2D eigenvalue weighted by molar-refractivity contribution is 6.09. The van der Waals surface area contributed by atoms with Gasteiger partial charge in [-0.2, -0.15) is 5.26 Å². The highest BCUT2D eigenvalue weighted by atomic mass is 19.1. The van der Waals surface area contributed by atoms with Gasteiger partial charge in [-0.3, -0.25) is 4.79 Å². The number of nitrogens with one attached hydrogen (secondary N) is 2. The van der Waals surface area contributed by atoms with Gasteiger partial charge < -0.3 is 30.9 Å². The number of nitrogens with two attached hydrogens (primary N) is 1. The summed E-state index contributed by atoms with van der Waals surface area (Å²) >= 11 is 0. The number of anilines is 4. The Morgan fingerprint density at radius 3 is 2.53 bits per heavy atom.